The highest BCUT2D eigenvalue weighted by atomic mass is 16.3. The number of fused-ring (bicyclic) bond motifs is 3. The molecule has 2 fully saturated rings. The van der Waals surface area contributed by atoms with E-state index in [2.05, 4.69) is 26.8 Å². The second-order valence-electron chi connectivity index (χ2n) is 6.78. The van der Waals surface area contributed by atoms with Gasteiger partial charge in [0.25, 0.3) is 0 Å². The Hall–Kier alpha value is -0.300. The van der Waals surface area contributed by atoms with Gasteiger partial charge in [0.05, 0.1) is 0 Å². The van der Waals surface area contributed by atoms with Crippen molar-refractivity contribution in [3.8, 4) is 0 Å². The van der Waals surface area contributed by atoms with E-state index in [4.69, 9.17) is 0 Å². The van der Waals surface area contributed by atoms with Crippen molar-refractivity contribution < 1.29 is 5.11 Å². The molecule has 16 heavy (non-hydrogen) atoms. The quantitative estimate of drug-likeness (QED) is 0.672. The number of aliphatic hydroxyl groups excluding tert-OH is 1. The van der Waals surface area contributed by atoms with Gasteiger partial charge >= 0.3 is 0 Å². The highest BCUT2D eigenvalue weighted by Gasteiger charge is 2.70. The van der Waals surface area contributed by atoms with Gasteiger partial charge in [0.2, 0.25) is 0 Å². The van der Waals surface area contributed by atoms with E-state index in [0.717, 1.165) is 17.8 Å². The van der Waals surface area contributed by atoms with Crippen molar-refractivity contribution in [2.75, 3.05) is 6.61 Å². The summed E-state index contributed by atoms with van der Waals surface area (Å²) in [5.74, 6) is 2.34. The Balaban J connectivity index is 2.01. The second kappa shape index (κ2) is 3.13. The monoisotopic (exact) mass is 220 g/mol. The van der Waals surface area contributed by atoms with Crippen LogP contribution in [0.5, 0.6) is 0 Å². The Labute approximate surface area is 98.9 Å². The minimum atomic E-state index is 0.232. The molecular weight excluding hydrogens is 196 g/mol. The third-order valence-corrected chi connectivity index (χ3v) is 6.27. The largest absolute Gasteiger partial charge is 0.396 e. The molecule has 0 saturated heterocycles. The normalized spacial score (nSPS) is 55.0. The van der Waals surface area contributed by atoms with Crippen LogP contribution in [0, 0.1) is 28.6 Å². The van der Waals surface area contributed by atoms with Crippen molar-refractivity contribution in [2.24, 2.45) is 28.6 Å². The third-order valence-electron chi connectivity index (χ3n) is 6.27. The van der Waals surface area contributed by atoms with Gasteiger partial charge in [-0.1, -0.05) is 32.4 Å². The zero-order valence-corrected chi connectivity index (χ0v) is 10.8. The van der Waals surface area contributed by atoms with Crippen molar-refractivity contribution in [3.63, 3.8) is 0 Å². The molecule has 0 amide bonds. The smallest absolute Gasteiger partial charge is 0.0490 e. The maximum Gasteiger partial charge on any atom is 0.0490 e. The van der Waals surface area contributed by atoms with E-state index in [0.29, 0.717) is 12.0 Å². The Kier molecular flexibility index (Phi) is 2.12. The third kappa shape index (κ3) is 1.06. The van der Waals surface area contributed by atoms with Crippen molar-refractivity contribution >= 4 is 0 Å². The average Bonchev–Trinajstić information content (AvgIpc) is 2.89. The Morgan fingerprint density at radius 3 is 2.81 bits per heavy atom. The van der Waals surface area contributed by atoms with Crippen LogP contribution in [0.25, 0.3) is 0 Å². The zero-order valence-electron chi connectivity index (χ0n) is 10.8. The summed E-state index contributed by atoms with van der Waals surface area (Å²) < 4.78 is 0. The summed E-state index contributed by atoms with van der Waals surface area (Å²) in [6.07, 6.45) is 7.73. The minimum Gasteiger partial charge on any atom is -0.396 e. The van der Waals surface area contributed by atoms with Gasteiger partial charge in [-0.05, 0) is 54.3 Å². The van der Waals surface area contributed by atoms with Gasteiger partial charge in [-0.15, -0.1) is 0 Å². The van der Waals surface area contributed by atoms with E-state index < -0.39 is 0 Å². The number of hydrogen-bond donors (Lipinski definition) is 1. The first-order chi connectivity index (χ1) is 7.55. The summed E-state index contributed by atoms with van der Waals surface area (Å²) in [6.45, 7) is 7.58. The molecule has 3 aliphatic rings. The molecule has 0 aromatic heterocycles. The molecule has 1 nitrogen and oxygen atoms in total. The van der Waals surface area contributed by atoms with E-state index in [1.165, 1.54) is 25.7 Å². The summed E-state index contributed by atoms with van der Waals surface area (Å²) in [4.78, 5) is 0. The molecule has 0 unspecified atom stereocenters. The topological polar surface area (TPSA) is 20.2 Å². The van der Waals surface area contributed by atoms with Crippen LogP contribution < -0.4 is 0 Å². The van der Waals surface area contributed by atoms with Gasteiger partial charge in [0, 0.05) is 6.61 Å². The lowest BCUT2D eigenvalue weighted by Crippen LogP contribution is -2.36. The fraction of sp³-hybridized carbons (Fsp3) is 0.867. The van der Waals surface area contributed by atoms with Gasteiger partial charge in [0.15, 0.2) is 0 Å². The van der Waals surface area contributed by atoms with Crippen molar-refractivity contribution in [1.82, 2.24) is 0 Å². The summed E-state index contributed by atoms with van der Waals surface area (Å²) in [7, 11) is 0. The van der Waals surface area contributed by atoms with Crippen LogP contribution in [0.3, 0.4) is 0 Å². The van der Waals surface area contributed by atoms with Crippen molar-refractivity contribution in [3.05, 3.63) is 11.6 Å². The number of rotatable bonds is 1. The number of allylic oxidation sites excluding steroid dienone is 2. The fourth-order valence-electron chi connectivity index (χ4n) is 5.01. The standard InChI is InChI=1S/C15H24O/c1-10-5-4-6-11-7-8-12-13(15(10,11)3)14(12,2)9-16/h6,10,12-13,16H,4-5,7-9H2,1-3H3/t10-,12-,13+,14+,15+/m0/s1. The SMILES string of the molecule is C[C@H]1CCC=C2CC[C@H]3[C@H]([C@]3(C)CO)[C@@]21C. The lowest BCUT2D eigenvalue weighted by molar-refractivity contribution is 0.126. The molecular formula is C15H24O. The highest BCUT2D eigenvalue weighted by Crippen LogP contribution is 2.74. The van der Waals surface area contributed by atoms with Crippen LogP contribution >= 0.6 is 0 Å². The molecule has 0 bridgehead atoms. The first-order valence-corrected chi connectivity index (χ1v) is 6.85. The van der Waals surface area contributed by atoms with Crippen molar-refractivity contribution in [2.45, 2.75) is 46.5 Å². The summed E-state index contributed by atoms with van der Waals surface area (Å²) in [5.41, 5.74) is 2.35. The van der Waals surface area contributed by atoms with Crippen LogP contribution in [0.1, 0.15) is 46.5 Å². The van der Waals surface area contributed by atoms with Gasteiger partial charge in [-0.2, -0.15) is 0 Å². The van der Waals surface area contributed by atoms with Gasteiger partial charge in [0.1, 0.15) is 0 Å². The number of hydrogen-bond acceptors (Lipinski definition) is 1. The Morgan fingerprint density at radius 2 is 2.12 bits per heavy atom. The lowest BCUT2D eigenvalue weighted by Gasteiger charge is -2.45. The van der Waals surface area contributed by atoms with Crippen LogP contribution in [0.4, 0.5) is 0 Å². The molecule has 1 N–H and O–H groups in total. The van der Waals surface area contributed by atoms with E-state index in [1.54, 1.807) is 5.57 Å². The van der Waals surface area contributed by atoms with E-state index in [1.807, 2.05) is 0 Å². The van der Waals surface area contributed by atoms with Crippen molar-refractivity contribution in [1.29, 1.82) is 0 Å². The molecule has 1 heteroatoms. The van der Waals surface area contributed by atoms with Gasteiger partial charge < -0.3 is 5.11 Å². The molecule has 3 rings (SSSR count). The number of aliphatic hydroxyl groups is 1. The summed E-state index contributed by atoms with van der Waals surface area (Å²) >= 11 is 0. The van der Waals surface area contributed by atoms with E-state index in [9.17, 15) is 5.11 Å². The van der Waals surface area contributed by atoms with Gasteiger partial charge in [-0.3, -0.25) is 0 Å². The highest BCUT2D eigenvalue weighted by molar-refractivity contribution is 5.31. The molecule has 2 saturated carbocycles. The predicted octanol–water partition coefficient (Wildman–Crippen LogP) is 3.39. The lowest BCUT2D eigenvalue weighted by atomic mass is 9.60. The van der Waals surface area contributed by atoms with Crippen LogP contribution in [-0.2, 0) is 0 Å². The first kappa shape index (κ1) is 10.8. The van der Waals surface area contributed by atoms with E-state index >= 15 is 0 Å². The zero-order chi connectivity index (χ0) is 11.6. The van der Waals surface area contributed by atoms with Crippen LogP contribution in [0.2, 0.25) is 0 Å². The summed E-state index contributed by atoms with van der Waals surface area (Å²) in [6, 6.07) is 0. The molecule has 0 radical (unpaired) electrons. The average molecular weight is 220 g/mol. The maximum atomic E-state index is 9.67. The summed E-state index contributed by atoms with van der Waals surface area (Å²) in [5, 5.41) is 9.67. The molecule has 5 atom stereocenters. The van der Waals surface area contributed by atoms with E-state index in [-0.39, 0.29) is 5.41 Å². The second-order valence-corrected chi connectivity index (χ2v) is 6.78. The Bertz CT molecular complexity index is 345. The van der Waals surface area contributed by atoms with Crippen LogP contribution in [-0.4, -0.2) is 11.7 Å². The first-order valence-electron chi connectivity index (χ1n) is 6.85. The Morgan fingerprint density at radius 1 is 1.38 bits per heavy atom. The van der Waals surface area contributed by atoms with Crippen LogP contribution in [0.15, 0.2) is 11.6 Å². The molecule has 0 spiro atoms. The maximum absolute atomic E-state index is 9.67. The molecule has 3 aliphatic carbocycles. The fourth-order valence-corrected chi connectivity index (χ4v) is 5.01. The molecule has 0 heterocycles. The predicted molar refractivity (Wildman–Crippen MR) is 66.0 cm³/mol. The molecule has 0 aliphatic heterocycles. The molecule has 0 aromatic rings. The van der Waals surface area contributed by atoms with Gasteiger partial charge in [-0.25, -0.2) is 0 Å². The minimum absolute atomic E-state index is 0.232. The molecule has 90 valence electrons. The molecule has 0 aromatic carbocycles.